The zero-order valence-corrected chi connectivity index (χ0v) is 17.0. The van der Waals surface area contributed by atoms with Crippen molar-refractivity contribution in [3.63, 3.8) is 0 Å². The molecule has 2 nitrogen and oxygen atoms in total. The van der Waals surface area contributed by atoms with Crippen molar-refractivity contribution in [2.24, 2.45) is 0 Å². The van der Waals surface area contributed by atoms with Gasteiger partial charge in [-0.05, 0) is 50.9 Å². The average molecular weight is 392 g/mol. The van der Waals surface area contributed by atoms with Gasteiger partial charge >= 0.3 is 0 Å². The van der Waals surface area contributed by atoms with E-state index in [0.717, 1.165) is 26.3 Å². The van der Waals surface area contributed by atoms with Crippen LogP contribution < -0.4 is 0 Å². The summed E-state index contributed by atoms with van der Waals surface area (Å²) in [6.07, 6.45) is 6.60. The zero-order chi connectivity index (χ0) is 20.2. The highest BCUT2D eigenvalue weighted by atomic mass is 16.5. The monoisotopic (exact) mass is 391 g/mol. The van der Waals surface area contributed by atoms with E-state index in [1.54, 1.807) is 0 Å². The zero-order valence-electron chi connectivity index (χ0n) is 17.0. The Bertz CT molecular complexity index is 1230. The van der Waals surface area contributed by atoms with Crippen LogP contribution >= 0.6 is 0 Å². The second kappa shape index (κ2) is 8.56. The van der Waals surface area contributed by atoms with Crippen molar-refractivity contribution in [3.8, 4) is 0 Å². The third kappa shape index (κ3) is 4.00. The van der Waals surface area contributed by atoms with E-state index in [2.05, 4.69) is 108 Å². The molecule has 0 aromatic heterocycles. The number of fused-ring (bicyclic) bond motifs is 2. The molecule has 5 rings (SSSR count). The van der Waals surface area contributed by atoms with Crippen molar-refractivity contribution in [1.82, 2.24) is 4.90 Å². The van der Waals surface area contributed by atoms with Gasteiger partial charge in [0.2, 0.25) is 0 Å². The Hall–Kier alpha value is -3.36. The third-order valence-electron chi connectivity index (χ3n) is 5.71. The molecule has 4 aromatic rings. The average Bonchev–Trinajstić information content (AvgIpc) is 2.82. The van der Waals surface area contributed by atoms with Gasteiger partial charge < -0.3 is 9.64 Å². The molecule has 1 aliphatic rings. The van der Waals surface area contributed by atoms with Gasteiger partial charge in [-0.25, -0.2) is 0 Å². The Morgan fingerprint density at radius 2 is 1.33 bits per heavy atom. The van der Waals surface area contributed by atoms with E-state index in [9.17, 15) is 0 Å². The van der Waals surface area contributed by atoms with Gasteiger partial charge in [-0.15, -0.1) is 0 Å². The van der Waals surface area contributed by atoms with Crippen LogP contribution in [0.25, 0.3) is 33.3 Å². The van der Waals surface area contributed by atoms with Crippen LogP contribution in [0.15, 0.2) is 97.1 Å². The highest BCUT2D eigenvalue weighted by Gasteiger charge is 2.15. The first-order chi connectivity index (χ1) is 14.9. The van der Waals surface area contributed by atoms with Gasteiger partial charge in [-0.2, -0.15) is 0 Å². The standard InChI is InChI=1S/C28H25NO/c1-3-9-25-20-22(12-13-23(25)7-1)6-5-11-28(29-16-18-30-19-17-29)27-15-14-24-8-2-4-10-26(24)21-27/h1-15,20-21H,16-19H2/b6-5+,28-11+. The van der Waals surface area contributed by atoms with Crippen molar-refractivity contribution in [2.45, 2.75) is 0 Å². The van der Waals surface area contributed by atoms with Crippen LogP contribution in [-0.2, 0) is 4.74 Å². The SMILES string of the molecule is C(=C\c1ccc2ccccc2c1)/C=C(\c1ccc2ccccc2c1)N1CCOCC1. The molecule has 0 N–H and O–H groups in total. The smallest absolute Gasteiger partial charge is 0.0642 e. The summed E-state index contributed by atoms with van der Waals surface area (Å²) in [5.41, 5.74) is 3.71. The Morgan fingerprint density at radius 3 is 2.07 bits per heavy atom. The molecule has 0 spiro atoms. The minimum atomic E-state index is 0.777. The molecule has 0 aliphatic carbocycles. The molecular weight excluding hydrogens is 366 g/mol. The molecule has 0 atom stereocenters. The van der Waals surface area contributed by atoms with Crippen LogP contribution in [0.1, 0.15) is 11.1 Å². The fourth-order valence-corrected chi connectivity index (χ4v) is 4.10. The largest absolute Gasteiger partial charge is 0.378 e. The fourth-order valence-electron chi connectivity index (χ4n) is 4.10. The van der Waals surface area contributed by atoms with Crippen molar-refractivity contribution in [3.05, 3.63) is 108 Å². The number of morpholine rings is 1. The summed E-state index contributed by atoms with van der Waals surface area (Å²) in [6.45, 7) is 3.39. The van der Waals surface area contributed by atoms with Gasteiger partial charge in [0.25, 0.3) is 0 Å². The molecule has 2 heteroatoms. The predicted octanol–water partition coefficient (Wildman–Crippen LogP) is 6.38. The fraction of sp³-hybridized carbons (Fsp3) is 0.143. The van der Waals surface area contributed by atoms with E-state index in [0.29, 0.717) is 0 Å². The first-order valence-corrected chi connectivity index (χ1v) is 10.6. The summed E-state index contributed by atoms with van der Waals surface area (Å²) < 4.78 is 5.58. The summed E-state index contributed by atoms with van der Waals surface area (Å²) >= 11 is 0. The van der Waals surface area contributed by atoms with E-state index in [4.69, 9.17) is 4.74 Å². The maximum Gasteiger partial charge on any atom is 0.0642 e. The second-order valence-corrected chi connectivity index (χ2v) is 7.68. The number of ether oxygens (including phenoxy) is 1. The molecule has 148 valence electrons. The Kier molecular flexibility index (Phi) is 5.32. The Morgan fingerprint density at radius 1 is 0.700 bits per heavy atom. The summed E-state index contributed by atoms with van der Waals surface area (Å²) in [5, 5.41) is 5.09. The minimum Gasteiger partial charge on any atom is -0.378 e. The van der Waals surface area contributed by atoms with E-state index in [1.165, 1.54) is 38.4 Å². The maximum atomic E-state index is 5.58. The molecule has 0 amide bonds. The lowest BCUT2D eigenvalue weighted by molar-refractivity contribution is 0.0640. The van der Waals surface area contributed by atoms with Gasteiger partial charge in [-0.1, -0.05) is 84.9 Å². The van der Waals surface area contributed by atoms with Gasteiger partial charge in [0, 0.05) is 18.8 Å². The highest BCUT2D eigenvalue weighted by Crippen LogP contribution is 2.25. The highest BCUT2D eigenvalue weighted by molar-refractivity contribution is 5.87. The molecule has 1 heterocycles. The van der Waals surface area contributed by atoms with Crippen molar-refractivity contribution < 1.29 is 4.74 Å². The number of hydrogen-bond donors (Lipinski definition) is 0. The van der Waals surface area contributed by atoms with E-state index in [1.807, 2.05) is 0 Å². The number of hydrogen-bond acceptors (Lipinski definition) is 2. The molecule has 0 radical (unpaired) electrons. The maximum absolute atomic E-state index is 5.58. The van der Waals surface area contributed by atoms with Crippen molar-refractivity contribution in [2.75, 3.05) is 26.3 Å². The van der Waals surface area contributed by atoms with Gasteiger partial charge in [0.1, 0.15) is 0 Å². The second-order valence-electron chi connectivity index (χ2n) is 7.68. The summed E-state index contributed by atoms with van der Waals surface area (Å²) in [4.78, 5) is 2.43. The quantitative estimate of drug-likeness (QED) is 0.374. The van der Waals surface area contributed by atoms with Crippen LogP contribution in [0.3, 0.4) is 0 Å². The Balaban J connectivity index is 1.49. The van der Waals surface area contributed by atoms with Crippen LogP contribution in [0.4, 0.5) is 0 Å². The molecule has 1 saturated heterocycles. The normalized spacial score (nSPS) is 15.3. The molecule has 1 fully saturated rings. The number of allylic oxidation sites excluding steroid dienone is 2. The summed E-state index contributed by atoms with van der Waals surface area (Å²) in [5.74, 6) is 0. The van der Waals surface area contributed by atoms with Crippen LogP contribution in [-0.4, -0.2) is 31.2 Å². The van der Waals surface area contributed by atoms with E-state index < -0.39 is 0 Å². The van der Waals surface area contributed by atoms with E-state index in [-0.39, 0.29) is 0 Å². The van der Waals surface area contributed by atoms with Crippen molar-refractivity contribution >= 4 is 33.3 Å². The molecular formula is C28H25NO. The number of nitrogens with zero attached hydrogens (tertiary/aromatic N) is 1. The third-order valence-corrected chi connectivity index (χ3v) is 5.71. The molecule has 30 heavy (non-hydrogen) atoms. The first kappa shape index (κ1) is 18.7. The molecule has 1 aliphatic heterocycles. The van der Waals surface area contributed by atoms with Crippen LogP contribution in [0, 0.1) is 0 Å². The molecule has 0 saturated carbocycles. The van der Waals surface area contributed by atoms with Gasteiger partial charge in [0.05, 0.1) is 13.2 Å². The van der Waals surface area contributed by atoms with Gasteiger partial charge in [-0.3, -0.25) is 0 Å². The van der Waals surface area contributed by atoms with Gasteiger partial charge in [0.15, 0.2) is 0 Å². The minimum absolute atomic E-state index is 0.777. The summed E-state index contributed by atoms with van der Waals surface area (Å²) in [6, 6.07) is 30.4. The first-order valence-electron chi connectivity index (χ1n) is 10.6. The Labute approximate surface area is 177 Å². The lowest BCUT2D eigenvalue weighted by atomic mass is 10.0. The number of benzene rings is 4. The van der Waals surface area contributed by atoms with Crippen LogP contribution in [0.2, 0.25) is 0 Å². The molecule has 0 unspecified atom stereocenters. The lowest BCUT2D eigenvalue weighted by Gasteiger charge is -2.31. The molecule has 0 bridgehead atoms. The van der Waals surface area contributed by atoms with Crippen molar-refractivity contribution in [1.29, 1.82) is 0 Å². The van der Waals surface area contributed by atoms with E-state index >= 15 is 0 Å². The topological polar surface area (TPSA) is 12.5 Å². The summed E-state index contributed by atoms with van der Waals surface area (Å²) in [7, 11) is 0. The number of rotatable bonds is 4. The predicted molar refractivity (Wildman–Crippen MR) is 127 cm³/mol. The van der Waals surface area contributed by atoms with Crippen LogP contribution in [0.5, 0.6) is 0 Å². The lowest BCUT2D eigenvalue weighted by Crippen LogP contribution is -2.34. The molecule has 4 aromatic carbocycles.